The monoisotopic (exact) mass is 413 g/mol. The van der Waals surface area contributed by atoms with Gasteiger partial charge in [0.1, 0.15) is 11.6 Å². The summed E-state index contributed by atoms with van der Waals surface area (Å²) in [5, 5.41) is 17.2. The van der Waals surface area contributed by atoms with E-state index in [9.17, 15) is 14.3 Å². The van der Waals surface area contributed by atoms with Gasteiger partial charge in [0.2, 0.25) is 0 Å². The molecule has 0 aliphatic carbocycles. The molecule has 150 valence electrons. The van der Waals surface area contributed by atoms with Gasteiger partial charge in [0, 0.05) is 23.6 Å². The van der Waals surface area contributed by atoms with Crippen LogP contribution in [-0.4, -0.2) is 23.4 Å². The molecule has 0 saturated carbocycles. The molecule has 0 spiro atoms. The van der Waals surface area contributed by atoms with Crippen LogP contribution in [0.4, 0.5) is 15.9 Å². The number of pyridine rings is 1. The molecule has 0 fully saturated rings. The van der Waals surface area contributed by atoms with Crippen molar-refractivity contribution in [2.45, 2.75) is 19.4 Å². The predicted octanol–water partition coefficient (Wildman–Crippen LogP) is 5.00. The van der Waals surface area contributed by atoms with E-state index < -0.39 is 11.4 Å². The van der Waals surface area contributed by atoms with Crippen LogP contribution in [0.2, 0.25) is 5.02 Å². The fourth-order valence-electron chi connectivity index (χ4n) is 2.96. The Balaban J connectivity index is 2.22. The predicted molar refractivity (Wildman–Crippen MR) is 115 cm³/mol. The van der Waals surface area contributed by atoms with E-state index in [-0.39, 0.29) is 0 Å². The van der Waals surface area contributed by atoms with Crippen LogP contribution in [0.15, 0.2) is 42.6 Å². The third kappa shape index (κ3) is 4.39. The van der Waals surface area contributed by atoms with Gasteiger partial charge in [-0.3, -0.25) is 4.79 Å². The second kappa shape index (κ2) is 8.19. The Morgan fingerprint density at radius 1 is 1.17 bits per heavy atom. The largest absolute Gasteiger partial charge is 0.394 e. The van der Waals surface area contributed by atoms with Crippen LogP contribution in [-0.2, 0) is 5.60 Å². The highest BCUT2D eigenvalue weighted by Crippen LogP contribution is 2.34. The summed E-state index contributed by atoms with van der Waals surface area (Å²) in [6.45, 7) is 3.35. The minimum atomic E-state index is -1.06. The van der Waals surface area contributed by atoms with E-state index in [0.717, 1.165) is 0 Å². The molecule has 7 heteroatoms. The van der Waals surface area contributed by atoms with Gasteiger partial charge in [-0.15, -0.1) is 0 Å². The Kier molecular flexibility index (Phi) is 5.86. The summed E-state index contributed by atoms with van der Waals surface area (Å²) >= 11 is 6.34. The first-order valence-corrected chi connectivity index (χ1v) is 9.34. The Bertz CT molecular complexity index is 1110. The maximum Gasteiger partial charge on any atom is 0.151 e. The first-order chi connectivity index (χ1) is 13.7. The van der Waals surface area contributed by atoms with Crippen molar-refractivity contribution in [2.24, 2.45) is 0 Å². The summed E-state index contributed by atoms with van der Waals surface area (Å²) < 4.78 is 13.8. The number of hydrogen-bond acceptors (Lipinski definition) is 5. The summed E-state index contributed by atoms with van der Waals surface area (Å²) in [6.07, 6.45) is 4.01. The number of nitrogens with zero attached hydrogens (tertiary/aromatic N) is 1. The molecule has 0 bridgehead atoms. The van der Waals surface area contributed by atoms with Crippen molar-refractivity contribution in [3.05, 3.63) is 70.1 Å². The van der Waals surface area contributed by atoms with Crippen molar-refractivity contribution in [3.8, 4) is 0 Å². The van der Waals surface area contributed by atoms with Gasteiger partial charge in [0.25, 0.3) is 0 Å². The van der Waals surface area contributed by atoms with Crippen LogP contribution in [0.25, 0.3) is 17.0 Å². The molecule has 0 amide bonds. The molecule has 0 unspecified atom stereocenters. The standard InChI is InChI=1S/C22H21ClFN3O2/c1-22(2,29)13-4-6-18(23)20(10-13)27-21-15(8-9-25-3)17(12-28)16-11-14(24)5-7-19(16)26-21/h4-12,25,29H,1-3H3,(H,26,27)/b9-8-. The van der Waals surface area contributed by atoms with Gasteiger partial charge in [-0.05, 0) is 62.0 Å². The molecule has 3 rings (SSSR count). The number of rotatable bonds is 6. The first-order valence-electron chi connectivity index (χ1n) is 8.96. The van der Waals surface area contributed by atoms with E-state index in [2.05, 4.69) is 15.6 Å². The summed E-state index contributed by atoms with van der Waals surface area (Å²) in [6, 6.07) is 9.24. The lowest BCUT2D eigenvalue weighted by Gasteiger charge is -2.20. The molecule has 0 radical (unpaired) electrons. The van der Waals surface area contributed by atoms with Gasteiger partial charge in [0.05, 0.1) is 21.8 Å². The van der Waals surface area contributed by atoms with E-state index in [1.54, 1.807) is 51.4 Å². The summed E-state index contributed by atoms with van der Waals surface area (Å²) in [4.78, 5) is 16.5. The van der Waals surface area contributed by atoms with E-state index in [1.165, 1.54) is 18.2 Å². The molecular weight excluding hydrogens is 393 g/mol. The number of aldehydes is 1. The van der Waals surface area contributed by atoms with Crippen molar-refractivity contribution in [1.29, 1.82) is 0 Å². The molecule has 0 aliphatic rings. The lowest BCUT2D eigenvalue weighted by atomic mass is 9.98. The average molecular weight is 414 g/mol. The third-order valence-corrected chi connectivity index (χ3v) is 4.82. The minimum Gasteiger partial charge on any atom is -0.394 e. The number of benzene rings is 2. The molecule has 3 aromatic rings. The van der Waals surface area contributed by atoms with Crippen LogP contribution in [0, 0.1) is 5.82 Å². The highest BCUT2D eigenvalue weighted by atomic mass is 35.5. The molecule has 0 aliphatic heterocycles. The molecule has 5 nitrogen and oxygen atoms in total. The Hall–Kier alpha value is -2.96. The molecule has 2 aromatic carbocycles. The van der Waals surface area contributed by atoms with Crippen molar-refractivity contribution >= 4 is 46.4 Å². The number of aromatic nitrogens is 1. The molecule has 29 heavy (non-hydrogen) atoms. The van der Waals surface area contributed by atoms with Crippen molar-refractivity contribution in [2.75, 3.05) is 12.4 Å². The molecular formula is C22H21ClFN3O2. The fraction of sp³-hybridized carbons (Fsp3) is 0.182. The highest BCUT2D eigenvalue weighted by molar-refractivity contribution is 6.33. The minimum absolute atomic E-state index is 0.304. The quantitative estimate of drug-likeness (QED) is 0.496. The normalized spacial score (nSPS) is 11.8. The summed E-state index contributed by atoms with van der Waals surface area (Å²) in [5.41, 5.74) is 1.38. The molecule has 1 aromatic heterocycles. The number of aliphatic hydroxyl groups is 1. The lowest BCUT2D eigenvalue weighted by molar-refractivity contribution is 0.0786. The third-order valence-electron chi connectivity index (χ3n) is 4.49. The number of anilines is 2. The topological polar surface area (TPSA) is 74.2 Å². The van der Waals surface area contributed by atoms with Gasteiger partial charge >= 0.3 is 0 Å². The van der Waals surface area contributed by atoms with E-state index in [1.807, 2.05) is 0 Å². The van der Waals surface area contributed by atoms with Crippen LogP contribution in [0.3, 0.4) is 0 Å². The first kappa shape index (κ1) is 20.8. The van der Waals surface area contributed by atoms with E-state index in [4.69, 9.17) is 11.6 Å². The maximum atomic E-state index is 13.8. The second-order valence-electron chi connectivity index (χ2n) is 7.07. The van der Waals surface area contributed by atoms with Crippen LogP contribution in [0.1, 0.15) is 35.3 Å². The van der Waals surface area contributed by atoms with E-state index >= 15 is 0 Å². The Morgan fingerprint density at radius 3 is 2.59 bits per heavy atom. The van der Waals surface area contributed by atoms with Gasteiger partial charge in [0.15, 0.2) is 6.29 Å². The zero-order chi connectivity index (χ0) is 21.2. The second-order valence-corrected chi connectivity index (χ2v) is 7.47. The average Bonchev–Trinajstić information content (AvgIpc) is 2.67. The van der Waals surface area contributed by atoms with Crippen molar-refractivity contribution in [1.82, 2.24) is 10.3 Å². The van der Waals surface area contributed by atoms with Crippen LogP contribution >= 0.6 is 11.6 Å². The van der Waals surface area contributed by atoms with Gasteiger partial charge in [-0.2, -0.15) is 0 Å². The lowest BCUT2D eigenvalue weighted by Crippen LogP contribution is -2.15. The Labute approximate surface area is 173 Å². The highest BCUT2D eigenvalue weighted by Gasteiger charge is 2.19. The van der Waals surface area contributed by atoms with Crippen molar-refractivity contribution in [3.63, 3.8) is 0 Å². The summed E-state index contributed by atoms with van der Waals surface area (Å²) in [5.74, 6) is -0.0694. The van der Waals surface area contributed by atoms with Crippen molar-refractivity contribution < 1.29 is 14.3 Å². The number of carbonyl (C=O) groups is 1. The molecule has 1 heterocycles. The van der Waals surface area contributed by atoms with Crippen LogP contribution in [0.5, 0.6) is 0 Å². The van der Waals surface area contributed by atoms with E-state index in [0.29, 0.717) is 50.4 Å². The molecule has 0 atom stereocenters. The van der Waals surface area contributed by atoms with Gasteiger partial charge in [-0.25, -0.2) is 9.37 Å². The number of halogens is 2. The van der Waals surface area contributed by atoms with Gasteiger partial charge < -0.3 is 15.7 Å². The smallest absolute Gasteiger partial charge is 0.151 e. The molecule has 3 N–H and O–H groups in total. The fourth-order valence-corrected chi connectivity index (χ4v) is 3.13. The zero-order valence-corrected chi connectivity index (χ0v) is 17.0. The molecule has 0 saturated heterocycles. The number of nitrogens with one attached hydrogen (secondary N) is 2. The van der Waals surface area contributed by atoms with Crippen LogP contribution < -0.4 is 10.6 Å². The zero-order valence-electron chi connectivity index (χ0n) is 16.3. The number of fused-ring (bicyclic) bond motifs is 1. The SMILES string of the molecule is CN/C=C\c1c(Nc2cc(C(C)(C)O)ccc2Cl)nc2ccc(F)cc2c1C=O. The maximum absolute atomic E-state index is 13.8. The Morgan fingerprint density at radius 2 is 1.93 bits per heavy atom. The number of carbonyl (C=O) groups excluding carboxylic acids is 1. The number of hydrogen-bond donors (Lipinski definition) is 3. The van der Waals surface area contributed by atoms with Gasteiger partial charge in [-0.1, -0.05) is 17.7 Å². The summed E-state index contributed by atoms with van der Waals surface area (Å²) in [7, 11) is 1.72.